The SMILES string of the molecule is CCNC(C)CC(=O)NC(CCSC)C(=O)O. The Hall–Kier alpha value is -0.750. The molecule has 5 nitrogen and oxygen atoms in total. The van der Waals surface area contributed by atoms with Crippen molar-refractivity contribution >= 4 is 23.6 Å². The third-order valence-corrected chi connectivity index (χ3v) is 2.93. The highest BCUT2D eigenvalue weighted by molar-refractivity contribution is 7.98. The molecule has 3 N–H and O–H groups in total. The number of hydrogen-bond donors (Lipinski definition) is 3. The van der Waals surface area contributed by atoms with E-state index >= 15 is 0 Å². The molecule has 0 saturated carbocycles. The number of thioether (sulfide) groups is 1. The van der Waals surface area contributed by atoms with Crippen molar-refractivity contribution in [2.75, 3.05) is 18.6 Å². The van der Waals surface area contributed by atoms with Gasteiger partial charge in [-0.05, 0) is 31.9 Å². The van der Waals surface area contributed by atoms with Crippen LogP contribution in [-0.2, 0) is 9.59 Å². The Morgan fingerprint density at radius 2 is 2.06 bits per heavy atom. The molecule has 0 radical (unpaired) electrons. The molecule has 6 heteroatoms. The van der Waals surface area contributed by atoms with Gasteiger partial charge in [-0.3, -0.25) is 4.79 Å². The molecule has 0 spiro atoms. The predicted molar refractivity (Wildman–Crippen MR) is 70.3 cm³/mol. The molecule has 0 heterocycles. The molecule has 0 aromatic rings. The summed E-state index contributed by atoms with van der Waals surface area (Å²) in [6.45, 7) is 4.66. The number of amides is 1. The van der Waals surface area contributed by atoms with E-state index in [1.54, 1.807) is 11.8 Å². The van der Waals surface area contributed by atoms with E-state index < -0.39 is 12.0 Å². The van der Waals surface area contributed by atoms with Crippen molar-refractivity contribution in [3.63, 3.8) is 0 Å². The molecular weight excluding hydrogens is 240 g/mol. The number of hydrogen-bond acceptors (Lipinski definition) is 4. The van der Waals surface area contributed by atoms with Crippen LogP contribution in [0.3, 0.4) is 0 Å². The molecule has 0 aromatic heterocycles. The molecule has 0 aliphatic carbocycles. The molecule has 0 fully saturated rings. The topological polar surface area (TPSA) is 78.4 Å². The minimum Gasteiger partial charge on any atom is -0.480 e. The van der Waals surface area contributed by atoms with Crippen LogP contribution in [-0.4, -0.2) is 47.6 Å². The first-order chi connectivity index (χ1) is 8.01. The van der Waals surface area contributed by atoms with Gasteiger partial charge in [0.15, 0.2) is 0 Å². The minimum atomic E-state index is -0.969. The highest BCUT2D eigenvalue weighted by Crippen LogP contribution is 2.02. The third-order valence-electron chi connectivity index (χ3n) is 2.29. The quantitative estimate of drug-likeness (QED) is 0.570. The van der Waals surface area contributed by atoms with Crippen molar-refractivity contribution in [2.24, 2.45) is 0 Å². The van der Waals surface area contributed by atoms with Crippen LogP contribution < -0.4 is 10.6 Å². The van der Waals surface area contributed by atoms with Crippen molar-refractivity contribution in [2.45, 2.75) is 38.8 Å². The third kappa shape index (κ3) is 8.04. The van der Waals surface area contributed by atoms with Crippen LogP contribution in [0.4, 0.5) is 0 Å². The van der Waals surface area contributed by atoms with Gasteiger partial charge in [-0.25, -0.2) is 4.79 Å². The lowest BCUT2D eigenvalue weighted by atomic mass is 10.2. The summed E-state index contributed by atoms with van der Waals surface area (Å²) in [5, 5.41) is 14.6. The fraction of sp³-hybridized carbons (Fsp3) is 0.818. The first-order valence-corrected chi connectivity index (χ1v) is 7.15. The fourth-order valence-corrected chi connectivity index (χ4v) is 1.92. The molecule has 0 bridgehead atoms. The Labute approximate surface area is 107 Å². The maximum Gasteiger partial charge on any atom is 0.326 e. The van der Waals surface area contributed by atoms with Crippen LogP contribution in [0.5, 0.6) is 0 Å². The van der Waals surface area contributed by atoms with E-state index in [4.69, 9.17) is 5.11 Å². The Morgan fingerprint density at radius 3 is 2.53 bits per heavy atom. The number of carbonyl (C=O) groups excluding carboxylic acids is 1. The van der Waals surface area contributed by atoms with E-state index in [2.05, 4.69) is 10.6 Å². The molecule has 0 rings (SSSR count). The minimum absolute atomic E-state index is 0.0648. The second kappa shape index (κ2) is 9.30. The van der Waals surface area contributed by atoms with E-state index in [1.807, 2.05) is 20.1 Å². The zero-order valence-corrected chi connectivity index (χ0v) is 11.5. The van der Waals surface area contributed by atoms with Gasteiger partial charge in [0.1, 0.15) is 6.04 Å². The van der Waals surface area contributed by atoms with Gasteiger partial charge in [0, 0.05) is 12.5 Å². The molecule has 2 unspecified atom stereocenters. The second-order valence-corrected chi connectivity index (χ2v) is 4.89. The fourth-order valence-electron chi connectivity index (χ4n) is 1.45. The van der Waals surface area contributed by atoms with E-state index in [9.17, 15) is 9.59 Å². The number of carboxylic acids is 1. The summed E-state index contributed by atoms with van der Waals surface area (Å²) < 4.78 is 0. The smallest absolute Gasteiger partial charge is 0.326 e. The van der Waals surface area contributed by atoms with Crippen LogP contribution in [0.25, 0.3) is 0 Å². The summed E-state index contributed by atoms with van der Waals surface area (Å²) in [6, 6.07) is -0.709. The molecule has 2 atom stereocenters. The lowest BCUT2D eigenvalue weighted by molar-refractivity contribution is -0.141. The van der Waals surface area contributed by atoms with Gasteiger partial charge in [0.05, 0.1) is 0 Å². The van der Waals surface area contributed by atoms with Gasteiger partial charge >= 0.3 is 5.97 Å². The maximum atomic E-state index is 11.6. The van der Waals surface area contributed by atoms with Gasteiger partial charge < -0.3 is 15.7 Å². The number of carboxylic acid groups (broad SMARTS) is 1. The van der Waals surface area contributed by atoms with Crippen LogP contribution in [0.15, 0.2) is 0 Å². The Bertz CT molecular complexity index is 249. The van der Waals surface area contributed by atoms with E-state index in [0.717, 1.165) is 12.3 Å². The van der Waals surface area contributed by atoms with Crippen molar-refractivity contribution in [3.05, 3.63) is 0 Å². The van der Waals surface area contributed by atoms with Gasteiger partial charge in [-0.2, -0.15) is 11.8 Å². The average molecular weight is 262 g/mol. The molecule has 0 saturated heterocycles. The summed E-state index contributed by atoms with van der Waals surface area (Å²) in [5.41, 5.74) is 0. The predicted octanol–water partition coefficient (Wildman–Crippen LogP) is 0.697. The Kier molecular flexibility index (Phi) is 8.89. The Balaban J connectivity index is 4.07. The molecule has 0 aliphatic rings. The molecule has 0 aromatic carbocycles. The van der Waals surface area contributed by atoms with Gasteiger partial charge in [-0.15, -0.1) is 0 Å². The van der Waals surface area contributed by atoms with Crippen LogP contribution in [0, 0.1) is 0 Å². The standard InChI is InChI=1S/C11H22N2O3S/c1-4-12-8(2)7-10(14)13-9(11(15)16)5-6-17-3/h8-9,12H,4-7H2,1-3H3,(H,13,14)(H,15,16). The average Bonchev–Trinajstić information content (AvgIpc) is 2.23. The van der Waals surface area contributed by atoms with Crippen LogP contribution in [0.2, 0.25) is 0 Å². The van der Waals surface area contributed by atoms with Crippen molar-refractivity contribution < 1.29 is 14.7 Å². The maximum absolute atomic E-state index is 11.6. The molecule has 0 aliphatic heterocycles. The first-order valence-electron chi connectivity index (χ1n) is 5.75. The Morgan fingerprint density at radius 1 is 1.41 bits per heavy atom. The summed E-state index contributed by atoms with van der Waals surface area (Å²) in [4.78, 5) is 22.5. The number of carbonyl (C=O) groups is 2. The van der Waals surface area contributed by atoms with Gasteiger partial charge in [0.25, 0.3) is 0 Å². The summed E-state index contributed by atoms with van der Waals surface area (Å²) >= 11 is 1.57. The summed E-state index contributed by atoms with van der Waals surface area (Å²) in [6.07, 6.45) is 2.67. The molecule has 17 heavy (non-hydrogen) atoms. The summed E-state index contributed by atoms with van der Waals surface area (Å²) in [5.74, 6) is -0.463. The molecule has 100 valence electrons. The van der Waals surface area contributed by atoms with Crippen molar-refractivity contribution in [1.82, 2.24) is 10.6 Å². The zero-order chi connectivity index (χ0) is 13.3. The molecule has 1 amide bonds. The number of nitrogens with one attached hydrogen (secondary N) is 2. The highest BCUT2D eigenvalue weighted by atomic mass is 32.2. The van der Waals surface area contributed by atoms with Crippen molar-refractivity contribution in [3.8, 4) is 0 Å². The monoisotopic (exact) mass is 262 g/mol. The van der Waals surface area contributed by atoms with Gasteiger partial charge in [0.2, 0.25) is 5.91 Å². The van der Waals surface area contributed by atoms with E-state index in [0.29, 0.717) is 12.8 Å². The highest BCUT2D eigenvalue weighted by Gasteiger charge is 2.20. The van der Waals surface area contributed by atoms with Crippen LogP contribution in [0.1, 0.15) is 26.7 Å². The first kappa shape index (κ1) is 16.2. The van der Waals surface area contributed by atoms with Crippen molar-refractivity contribution in [1.29, 1.82) is 0 Å². The van der Waals surface area contributed by atoms with E-state index in [-0.39, 0.29) is 11.9 Å². The summed E-state index contributed by atoms with van der Waals surface area (Å²) in [7, 11) is 0. The lowest BCUT2D eigenvalue weighted by Gasteiger charge is -2.16. The number of aliphatic carboxylic acids is 1. The second-order valence-electron chi connectivity index (χ2n) is 3.90. The lowest BCUT2D eigenvalue weighted by Crippen LogP contribution is -2.43. The zero-order valence-electron chi connectivity index (χ0n) is 10.7. The molecular formula is C11H22N2O3S. The largest absolute Gasteiger partial charge is 0.480 e. The van der Waals surface area contributed by atoms with Crippen LogP contribution >= 0.6 is 11.8 Å². The normalized spacial score (nSPS) is 14.1. The van der Waals surface area contributed by atoms with Gasteiger partial charge in [-0.1, -0.05) is 6.92 Å². The number of rotatable bonds is 9. The van der Waals surface area contributed by atoms with E-state index in [1.165, 1.54) is 0 Å².